The molecule has 0 aliphatic heterocycles. The van der Waals surface area contributed by atoms with E-state index < -0.39 is 12.1 Å². The smallest absolute Gasteiger partial charge is 0.220 e. The fraction of sp³-hybridized carbons (Fsp3) is 0.554. The first kappa shape index (κ1) is 56.3. The van der Waals surface area contributed by atoms with Gasteiger partial charge in [0, 0.05) is 6.42 Å². The molecule has 0 aliphatic rings. The molecule has 2 atom stereocenters. The van der Waals surface area contributed by atoms with Crippen molar-refractivity contribution in [1.82, 2.24) is 5.32 Å². The van der Waals surface area contributed by atoms with Crippen LogP contribution in [0.5, 0.6) is 0 Å². The molecule has 4 heteroatoms. The summed E-state index contributed by atoms with van der Waals surface area (Å²) in [6.45, 7) is 4.13. The van der Waals surface area contributed by atoms with Crippen LogP contribution in [0.15, 0.2) is 146 Å². The molecule has 60 heavy (non-hydrogen) atoms. The predicted octanol–water partition coefficient (Wildman–Crippen LogP) is 15.7. The molecule has 0 aromatic rings. The van der Waals surface area contributed by atoms with E-state index in [-0.39, 0.29) is 12.5 Å². The minimum Gasteiger partial charge on any atom is -0.394 e. The Balaban J connectivity index is 3.71. The van der Waals surface area contributed by atoms with Crippen molar-refractivity contribution in [2.75, 3.05) is 6.61 Å². The lowest BCUT2D eigenvalue weighted by atomic mass is 10.1. The van der Waals surface area contributed by atoms with Crippen LogP contribution in [-0.4, -0.2) is 34.9 Å². The summed E-state index contributed by atoms with van der Waals surface area (Å²) in [5.41, 5.74) is 0. The lowest BCUT2D eigenvalue weighted by molar-refractivity contribution is -0.123. The number of hydrogen-bond acceptors (Lipinski definition) is 3. The van der Waals surface area contributed by atoms with Gasteiger partial charge in [-0.1, -0.05) is 211 Å². The van der Waals surface area contributed by atoms with E-state index in [1.54, 1.807) is 6.08 Å². The first-order valence-corrected chi connectivity index (χ1v) is 24.0. The monoisotopic (exact) mass is 824 g/mol. The third kappa shape index (κ3) is 45.4. The fourth-order valence-electron chi connectivity index (χ4n) is 6.16. The molecule has 2 unspecified atom stereocenters. The normalized spacial score (nSPS) is 14.3. The number of carbonyl (C=O) groups excluding carboxylic acids is 1. The summed E-state index contributed by atoms with van der Waals surface area (Å²) in [7, 11) is 0. The number of amides is 1. The molecule has 4 nitrogen and oxygen atoms in total. The average Bonchev–Trinajstić information content (AvgIpc) is 3.25. The number of nitrogens with one attached hydrogen (secondary N) is 1. The number of allylic oxidation sites excluding steroid dienone is 23. The van der Waals surface area contributed by atoms with Gasteiger partial charge in [0.15, 0.2) is 0 Å². The molecule has 0 fully saturated rings. The topological polar surface area (TPSA) is 69.6 Å². The van der Waals surface area contributed by atoms with E-state index in [1.807, 2.05) is 6.08 Å². The Hall–Kier alpha value is -3.73. The zero-order valence-electron chi connectivity index (χ0n) is 38.4. The van der Waals surface area contributed by atoms with Gasteiger partial charge in [-0.2, -0.15) is 0 Å². The molecule has 336 valence electrons. The maximum atomic E-state index is 12.4. The molecular weight excluding hydrogens is 735 g/mol. The van der Waals surface area contributed by atoms with Gasteiger partial charge in [-0.25, -0.2) is 0 Å². The third-order valence-corrected chi connectivity index (χ3v) is 9.81. The molecule has 1 amide bonds. The summed E-state index contributed by atoms with van der Waals surface area (Å²) < 4.78 is 0. The van der Waals surface area contributed by atoms with E-state index in [9.17, 15) is 15.0 Å². The van der Waals surface area contributed by atoms with E-state index in [1.165, 1.54) is 51.4 Å². The van der Waals surface area contributed by atoms with Gasteiger partial charge in [-0.3, -0.25) is 4.79 Å². The highest BCUT2D eigenvalue weighted by atomic mass is 16.3. The summed E-state index contributed by atoms with van der Waals surface area (Å²) in [5, 5.41) is 22.9. The molecule has 0 aromatic carbocycles. The van der Waals surface area contributed by atoms with Crippen molar-refractivity contribution in [2.24, 2.45) is 0 Å². The highest BCUT2D eigenvalue weighted by molar-refractivity contribution is 5.76. The van der Waals surface area contributed by atoms with Crippen LogP contribution in [0.2, 0.25) is 0 Å². The minimum atomic E-state index is -0.877. The van der Waals surface area contributed by atoms with Crippen molar-refractivity contribution in [3.63, 3.8) is 0 Å². The van der Waals surface area contributed by atoms with Gasteiger partial charge >= 0.3 is 0 Å². The van der Waals surface area contributed by atoms with Crippen molar-refractivity contribution < 1.29 is 15.0 Å². The maximum absolute atomic E-state index is 12.4. The number of hydrogen-bond donors (Lipinski definition) is 3. The Bertz CT molecular complexity index is 1300. The predicted molar refractivity (Wildman–Crippen MR) is 266 cm³/mol. The molecule has 0 rings (SSSR count). The Morgan fingerprint density at radius 2 is 0.750 bits per heavy atom. The fourth-order valence-corrected chi connectivity index (χ4v) is 6.16. The molecule has 0 aliphatic carbocycles. The van der Waals surface area contributed by atoms with Gasteiger partial charge in [-0.15, -0.1) is 0 Å². The highest BCUT2D eigenvalue weighted by Crippen LogP contribution is 2.10. The Morgan fingerprint density at radius 3 is 1.17 bits per heavy atom. The van der Waals surface area contributed by atoms with Crippen LogP contribution >= 0.6 is 0 Å². The van der Waals surface area contributed by atoms with Gasteiger partial charge < -0.3 is 15.5 Å². The number of rotatable bonds is 41. The van der Waals surface area contributed by atoms with Crippen LogP contribution in [0.3, 0.4) is 0 Å². The van der Waals surface area contributed by atoms with Crippen molar-refractivity contribution >= 4 is 5.91 Å². The first-order valence-electron chi connectivity index (χ1n) is 24.0. The van der Waals surface area contributed by atoms with Crippen molar-refractivity contribution in [3.05, 3.63) is 146 Å². The van der Waals surface area contributed by atoms with E-state index in [2.05, 4.69) is 153 Å². The van der Waals surface area contributed by atoms with Gasteiger partial charge in [0.05, 0.1) is 18.8 Å². The molecule has 0 spiro atoms. The molecule has 0 saturated carbocycles. The zero-order chi connectivity index (χ0) is 43.5. The van der Waals surface area contributed by atoms with Crippen molar-refractivity contribution in [2.45, 2.75) is 193 Å². The standard InChI is InChI=1S/C56H89NO3/c1-3-5-7-9-11-13-15-16-17-18-19-20-21-22-23-24-25-26-27-28-29-30-31-32-33-34-35-36-37-38-39-40-42-44-46-48-50-52-56(60)57-54(53-58)55(59)51-49-47-45-43-41-14-12-10-8-6-4-2/h5,7,11,13,16-17,19-20,22-23,25-26,28-29,31-32,34-35,37-38,41,43,49,51,54-55,58-59H,3-4,6,8-10,12,14-15,18,21,24,27,30,33,36,39-40,42,44-48,50,52-53H2,1-2H3,(H,57,60)/b7-5-,13-11-,17-16-,20-19-,23-22-,26-25-,29-28-,32-31-,35-34-,38-37-,43-41+,51-49+. The molecule has 0 saturated heterocycles. The largest absolute Gasteiger partial charge is 0.394 e. The quantitative estimate of drug-likeness (QED) is 0.0425. The number of carbonyl (C=O) groups is 1. The van der Waals surface area contributed by atoms with E-state index in [0.717, 1.165) is 109 Å². The van der Waals surface area contributed by atoms with Crippen LogP contribution in [0.4, 0.5) is 0 Å². The zero-order valence-corrected chi connectivity index (χ0v) is 38.4. The maximum Gasteiger partial charge on any atom is 0.220 e. The van der Waals surface area contributed by atoms with Crippen LogP contribution in [0, 0.1) is 0 Å². The number of unbranched alkanes of at least 4 members (excludes halogenated alkanes) is 12. The highest BCUT2D eigenvalue weighted by Gasteiger charge is 2.17. The van der Waals surface area contributed by atoms with Gasteiger partial charge in [0.25, 0.3) is 0 Å². The lowest BCUT2D eigenvalue weighted by Gasteiger charge is -2.19. The minimum absolute atomic E-state index is 0.0980. The molecule has 0 bridgehead atoms. The Kier molecular flexibility index (Phi) is 46.5. The summed E-state index contributed by atoms with van der Waals surface area (Å²) in [4.78, 5) is 12.4. The van der Waals surface area contributed by atoms with Crippen LogP contribution < -0.4 is 5.32 Å². The molecule has 0 heterocycles. The Morgan fingerprint density at radius 1 is 0.417 bits per heavy atom. The summed E-state index contributed by atoms with van der Waals surface area (Å²) in [6, 6.07) is -0.656. The van der Waals surface area contributed by atoms with Gasteiger partial charge in [-0.05, 0) is 109 Å². The number of aliphatic hydroxyl groups excluding tert-OH is 2. The molecular formula is C56H89NO3. The van der Waals surface area contributed by atoms with Crippen LogP contribution in [0.25, 0.3) is 0 Å². The van der Waals surface area contributed by atoms with Crippen molar-refractivity contribution in [1.29, 1.82) is 0 Å². The van der Waals surface area contributed by atoms with Crippen LogP contribution in [0.1, 0.15) is 181 Å². The summed E-state index contributed by atoms with van der Waals surface area (Å²) in [6.07, 6.45) is 79.7. The third-order valence-electron chi connectivity index (χ3n) is 9.81. The van der Waals surface area contributed by atoms with Crippen molar-refractivity contribution in [3.8, 4) is 0 Å². The molecule has 0 radical (unpaired) electrons. The molecule has 3 N–H and O–H groups in total. The van der Waals surface area contributed by atoms with Crippen LogP contribution in [-0.2, 0) is 4.79 Å². The second-order valence-electron chi connectivity index (χ2n) is 15.4. The summed E-state index contributed by atoms with van der Waals surface area (Å²) in [5.74, 6) is -0.0980. The number of aliphatic hydroxyl groups is 2. The van der Waals surface area contributed by atoms with E-state index >= 15 is 0 Å². The Labute approximate surface area is 370 Å². The summed E-state index contributed by atoms with van der Waals surface area (Å²) >= 11 is 0. The molecule has 0 aromatic heterocycles. The van der Waals surface area contributed by atoms with E-state index in [0.29, 0.717) is 6.42 Å². The second-order valence-corrected chi connectivity index (χ2v) is 15.4. The van der Waals surface area contributed by atoms with Gasteiger partial charge in [0.2, 0.25) is 5.91 Å². The van der Waals surface area contributed by atoms with Gasteiger partial charge in [0.1, 0.15) is 0 Å². The second kappa shape index (κ2) is 49.6. The first-order chi connectivity index (χ1) is 29.7. The SMILES string of the molecule is CC/C=C\C/C=C\C/C=C\C/C=C\C/C=C\C/C=C\C/C=C\C/C=C\C/C=C\C/C=C\CCCCCCCCC(=O)NC(CO)C(O)/C=C/CC/C=C/CCCCCCC. The average molecular weight is 824 g/mol. The lowest BCUT2D eigenvalue weighted by Crippen LogP contribution is -2.45. The van der Waals surface area contributed by atoms with E-state index in [4.69, 9.17) is 0 Å².